The molecule has 3 aliphatic heterocycles. The molecule has 1 saturated heterocycles. The molecular weight excluding hydrogens is 566 g/mol. The van der Waals surface area contributed by atoms with Crippen LogP contribution < -0.4 is 0 Å². The summed E-state index contributed by atoms with van der Waals surface area (Å²) >= 11 is 9.87. The van der Waals surface area contributed by atoms with Crippen LogP contribution in [0, 0.1) is 5.21 Å². The minimum absolute atomic E-state index is 0.210. The second-order valence-electron chi connectivity index (χ2n) is 7.74. The number of hydrogen-bond acceptors (Lipinski definition) is 10. The van der Waals surface area contributed by atoms with E-state index in [0.717, 1.165) is 39.1 Å². The van der Waals surface area contributed by atoms with Crippen molar-refractivity contribution in [2.45, 2.75) is 16.8 Å². The van der Waals surface area contributed by atoms with Gasteiger partial charge < -0.3 is 14.3 Å². The molecule has 0 spiro atoms. The first kappa shape index (κ1) is 22.0. The molecule has 5 nitrogen and oxygen atoms in total. The normalized spacial score (nSPS) is 17.8. The Labute approximate surface area is 220 Å². The Morgan fingerprint density at radius 3 is 1.62 bits per heavy atom. The van der Waals surface area contributed by atoms with E-state index < -0.39 is 12.2 Å². The van der Waals surface area contributed by atoms with Gasteiger partial charge in [0.15, 0.2) is 0 Å². The second kappa shape index (κ2) is 8.12. The second-order valence-corrected chi connectivity index (χ2v) is 16.5. The van der Waals surface area contributed by atoms with Crippen LogP contribution >= 0.6 is 76.6 Å². The van der Waals surface area contributed by atoms with Gasteiger partial charge in [-0.15, -0.1) is 45.3 Å². The maximum Gasteiger partial charge on any atom is 0.644 e. The smallest absolute Gasteiger partial charge is 0.624 e. The first-order valence-electron chi connectivity index (χ1n) is 10.2. The maximum atomic E-state index is 14.4. The van der Waals surface area contributed by atoms with Gasteiger partial charge in [-0.1, -0.05) is 23.5 Å². The number of hydroxylamine groups is 2. The van der Waals surface area contributed by atoms with Gasteiger partial charge in [0.2, 0.25) is 0 Å². The summed E-state index contributed by atoms with van der Waals surface area (Å²) in [5.74, 6) is 0.852. The van der Waals surface area contributed by atoms with Gasteiger partial charge >= 0.3 is 7.75 Å². The molecule has 4 aromatic rings. The molecule has 0 aromatic carbocycles. The number of nitrogens with zero attached hydrogens (tertiary/aromatic N) is 1. The number of fused-ring (bicyclic) bond motifs is 4. The fraction of sp³-hybridized carbons (Fsp3) is 0.0909. The molecule has 0 N–H and O–H groups in total. The lowest BCUT2D eigenvalue weighted by atomic mass is 10.2. The first-order valence-corrected chi connectivity index (χ1v) is 16.8. The van der Waals surface area contributed by atoms with Gasteiger partial charge in [0.25, 0.3) is 0 Å². The third kappa shape index (κ3) is 3.61. The van der Waals surface area contributed by atoms with Crippen LogP contribution in [0.2, 0.25) is 0 Å². The van der Waals surface area contributed by atoms with Gasteiger partial charge in [0.05, 0.1) is 16.8 Å². The Morgan fingerprint density at radius 2 is 1.15 bits per heavy atom. The summed E-state index contributed by atoms with van der Waals surface area (Å²) < 4.78 is 30.2. The van der Waals surface area contributed by atoms with Crippen molar-refractivity contribution in [1.29, 1.82) is 0 Å². The first-order chi connectivity index (χ1) is 16.5. The Bertz CT molecular complexity index is 1430. The average molecular weight is 580 g/mol. The SMILES string of the molecule is O=P(OC1=Cc2ccsc2Sc2sccc21)(OC1=Cc2ccsc2Sc2sccc21)[N+]1([O-])CC1. The van der Waals surface area contributed by atoms with E-state index in [2.05, 4.69) is 0 Å². The molecular formula is C22H14NO4PS6. The number of rotatable bonds is 5. The summed E-state index contributed by atoms with van der Waals surface area (Å²) in [6, 6.07) is 7.93. The molecule has 0 bridgehead atoms. The van der Waals surface area contributed by atoms with Crippen LogP contribution in [0.15, 0.2) is 62.6 Å². The summed E-state index contributed by atoms with van der Waals surface area (Å²) in [6.07, 6.45) is 3.76. The minimum Gasteiger partial charge on any atom is -0.624 e. The van der Waals surface area contributed by atoms with Crippen LogP contribution in [0.1, 0.15) is 22.3 Å². The Morgan fingerprint density at radius 1 is 0.706 bits per heavy atom. The van der Waals surface area contributed by atoms with Gasteiger partial charge in [0.1, 0.15) is 24.6 Å². The van der Waals surface area contributed by atoms with E-state index in [9.17, 15) is 9.77 Å². The summed E-state index contributed by atoms with van der Waals surface area (Å²) in [5.41, 5.74) is 3.68. The van der Waals surface area contributed by atoms with Crippen LogP contribution in [0.25, 0.3) is 23.7 Å². The molecule has 0 radical (unpaired) electrons. The van der Waals surface area contributed by atoms with Crippen molar-refractivity contribution in [2.75, 3.05) is 13.1 Å². The molecule has 7 rings (SSSR count). The molecule has 34 heavy (non-hydrogen) atoms. The van der Waals surface area contributed by atoms with E-state index in [-0.39, 0.29) is 13.1 Å². The van der Waals surface area contributed by atoms with Gasteiger partial charge in [-0.3, -0.25) is 0 Å². The van der Waals surface area contributed by atoms with E-state index in [1.54, 1.807) is 68.9 Å². The third-order valence-corrected chi connectivity index (χ3v) is 14.3. The lowest BCUT2D eigenvalue weighted by molar-refractivity contribution is -0.619. The molecule has 0 unspecified atom stereocenters. The molecule has 0 atom stereocenters. The van der Waals surface area contributed by atoms with E-state index in [1.165, 1.54) is 0 Å². The zero-order valence-electron chi connectivity index (χ0n) is 17.2. The Hall–Kier alpha value is -1.27. The topological polar surface area (TPSA) is 58.6 Å². The van der Waals surface area contributed by atoms with Crippen molar-refractivity contribution in [3.05, 3.63) is 73.2 Å². The van der Waals surface area contributed by atoms with Crippen LogP contribution in [-0.4, -0.2) is 17.5 Å². The van der Waals surface area contributed by atoms with Crippen LogP contribution in [0.5, 0.6) is 0 Å². The summed E-state index contributed by atoms with van der Waals surface area (Å²) in [5, 5.41) is 21.4. The van der Waals surface area contributed by atoms with Gasteiger partial charge in [-0.2, -0.15) is 4.57 Å². The van der Waals surface area contributed by atoms with Crippen molar-refractivity contribution < 1.29 is 18.0 Å². The summed E-state index contributed by atoms with van der Waals surface area (Å²) in [4.78, 5) is 0. The average Bonchev–Trinajstić information content (AvgIpc) is 3.27. The quantitative estimate of drug-likeness (QED) is 0.134. The van der Waals surface area contributed by atoms with Crippen LogP contribution in [0.4, 0.5) is 0 Å². The molecule has 0 saturated carbocycles. The fourth-order valence-electron chi connectivity index (χ4n) is 3.61. The van der Waals surface area contributed by atoms with Crippen molar-refractivity contribution >= 4 is 100 Å². The fourth-order valence-corrected chi connectivity index (χ4v) is 11.9. The standard InChI is InChI=1S/C22H14NO4PS6/c24-23(5-6-23)28(25,26-17-11-13-1-7-29-19(13)33-21-15(17)3-9-31-21)27-18-12-14-2-8-30-20(14)34-22-16(18)4-10-32-22/h1-4,7-12H,5-6H2. The lowest BCUT2D eigenvalue weighted by Crippen LogP contribution is -2.17. The molecule has 0 amide bonds. The van der Waals surface area contributed by atoms with Gasteiger partial charge in [-0.25, -0.2) is 4.42 Å². The Balaban J connectivity index is 1.32. The minimum atomic E-state index is -4.17. The third-order valence-electron chi connectivity index (χ3n) is 5.53. The number of thiophene rings is 4. The van der Waals surface area contributed by atoms with E-state index >= 15 is 0 Å². The predicted octanol–water partition coefficient (Wildman–Crippen LogP) is 9.03. The highest BCUT2D eigenvalue weighted by molar-refractivity contribution is 8.03. The van der Waals surface area contributed by atoms with Crippen LogP contribution in [0.3, 0.4) is 0 Å². The van der Waals surface area contributed by atoms with E-state index in [1.807, 2.05) is 57.9 Å². The van der Waals surface area contributed by atoms with Gasteiger partial charge in [-0.05, 0) is 57.9 Å². The molecule has 4 aromatic heterocycles. The molecule has 3 aliphatic rings. The zero-order valence-corrected chi connectivity index (χ0v) is 23.0. The lowest BCUT2D eigenvalue weighted by Gasteiger charge is -2.30. The Kier molecular flexibility index (Phi) is 5.25. The van der Waals surface area contributed by atoms with Crippen molar-refractivity contribution in [1.82, 2.24) is 0 Å². The monoisotopic (exact) mass is 579 g/mol. The highest BCUT2D eigenvalue weighted by Crippen LogP contribution is 2.67. The largest absolute Gasteiger partial charge is 0.644 e. The highest BCUT2D eigenvalue weighted by Gasteiger charge is 2.59. The summed E-state index contributed by atoms with van der Waals surface area (Å²) in [6.45, 7) is 0.420. The van der Waals surface area contributed by atoms with Gasteiger partial charge in [0, 0.05) is 22.3 Å². The number of hydrogen-bond donors (Lipinski definition) is 0. The summed E-state index contributed by atoms with van der Waals surface area (Å²) in [7, 11) is -4.17. The molecule has 7 heterocycles. The van der Waals surface area contributed by atoms with Crippen molar-refractivity contribution in [3.63, 3.8) is 0 Å². The number of quaternary nitrogens is 1. The van der Waals surface area contributed by atoms with Crippen molar-refractivity contribution in [2.24, 2.45) is 0 Å². The highest BCUT2D eigenvalue weighted by atomic mass is 32.2. The molecule has 0 aliphatic carbocycles. The maximum absolute atomic E-state index is 14.4. The molecule has 172 valence electrons. The zero-order chi connectivity index (χ0) is 22.9. The molecule has 1 fully saturated rings. The molecule has 12 heteroatoms. The predicted molar refractivity (Wildman–Crippen MR) is 144 cm³/mol. The van der Waals surface area contributed by atoms with Crippen molar-refractivity contribution in [3.8, 4) is 0 Å². The van der Waals surface area contributed by atoms with Crippen LogP contribution in [-0.2, 0) is 13.6 Å². The van der Waals surface area contributed by atoms with E-state index in [0.29, 0.717) is 11.5 Å². The van der Waals surface area contributed by atoms with E-state index in [4.69, 9.17) is 9.05 Å².